The zero-order chi connectivity index (χ0) is 32.3. The molecule has 2 fully saturated rings. The van der Waals surface area contributed by atoms with Gasteiger partial charge in [0.05, 0.1) is 19.5 Å². The van der Waals surface area contributed by atoms with E-state index in [1.165, 1.54) is 10.9 Å². The highest BCUT2D eigenvalue weighted by molar-refractivity contribution is 7.61. The van der Waals surface area contributed by atoms with Crippen molar-refractivity contribution in [3.8, 4) is 0 Å². The van der Waals surface area contributed by atoms with Crippen LogP contribution in [0.25, 0.3) is 22.3 Å². The average molecular weight is 677 g/mol. The molecule has 6 rings (SSSR count). The number of nitrogens with two attached hydrogens (primary N) is 2. The molecular formula is C19H25N11O13P2. The van der Waals surface area contributed by atoms with Gasteiger partial charge in [0.1, 0.15) is 54.8 Å². The SMILES string of the molecule is Nc1ncnc2c1ncn2[C@@H]1O[C@H](COP(=O)(O)OP(=O)(O)OC[C@H]2O[C@@H](n3nnc4c(N)ncnc43)[C@H](O)[C@@H]2O)[C@@H](O)[C@H]1O. The van der Waals surface area contributed by atoms with Crippen LogP contribution in [0.15, 0.2) is 19.0 Å². The number of rotatable bonds is 10. The Morgan fingerprint density at radius 3 is 1.91 bits per heavy atom. The van der Waals surface area contributed by atoms with E-state index < -0.39 is 77.9 Å². The van der Waals surface area contributed by atoms with Gasteiger partial charge in [-0.3, -0.25) is 13.6 Å². The number of fused-ring (bicyclic) bond motifs is 2. The Hall–Kier alpha value is -3.35. The molecule has 0 aromatic carbocycles. The van der Waals surface area contributed by atoms with E-state index in [4.69, 9.17) is 30.0 Å². The molecule has 6 heterocycles. The van der Waals surface area contributed by atoms with Crippen molar-refractivity contribution in [3.63, 3.8) is 0 Å². The molecule has 0 aliphatic carbocycles. The number of phosphoric ester groups is 2. The normalized spacial score (nSPS) is 31.4. The summed E-state index contributed by atoms with van der Waals surface area (Å²) in [5.74, 6) is 0.0425. The maximum absolute atomic E-state index is 12.5. The summed E-state index contributed by atoms with van der Waals surface area (Å²) in [6.45, 7) is -1.82. The van der Waals surface area contributed by atoms with Gasteiger partial charge in [0.25, 0.3) is 0 Å². The smallest absolute Gasteiger partial charge is 0.387 e. The molecule has 10 N–H and O–H groups in total. The van der Waals surface area contributed by atoms with Crippen molar-refractivity contribution in [1.29, 1.82) is 0 Å². The fourth-order valence-corrected chi connectivity index (χ4v) is 6.78. The first-order valence-electron chi connectivity index (χ1n) is 12.7. The van der Waals surface area contributed by atoms with Crippen LogP contribution in [-0.4, -0.2) is 125 Å². The van der Waals surface area contributed by atoms with Crippen LogP contribution in [0, 0.1) is 0 Å². The number of hydrogen-bond donors (Lipinski definition) is 8. The second-order valence-electron chi connectivity index (χ2n) is 9.75. The van der Waals surface area contributed by atoms with E-state index >= 15 is 0 Å². The highest BCUT2D eigenvalue weighted by Crippen LogP contribution is 2.60. The van der Waals surface area contributed by atoms with Gasteiger partial charge in [-0.1, -0.05) is 5.21 Å². The molecule has 10 atom stereocenters. The van der Waals surface area contributed by atoms with Gasteiger partial charge in [-0.2, -0.15) is 8.99 Å². The number of anilines is 2. The van der Waals surface area contributed by atoms with E-state index in [9.17, 15) is 39.3 Å². The van der Waals surface area contributed by atoms with Crippen LogP contribution >= 0.6 is 15.6 Å². The number of aromatic nitrogens is 9. The van der Waals surface area contributed by atoms with Crippen molar-refractivity contribution < 1.29 is 62.2 Å². The largest absolute Gasteiger partial charge is 0.481 e. The summed E-state index contributed by atoms with van der Waals surface area (Å²) < 4.78 is 52.0. The first-order chi connectivity index (χ1) is 21.3. The van der Waals surface area contributed by atoms with E-state index in [-0.39, 0.29) is 34.0 Å². The van der Waals surface area contributed by atoms with Crippen molar-refractivity contribution in [2.24, 2.45) is 0 Å². The summed E-state index contributed by atoms with van der Waals surface area (Å²) in [4.78, 5) is 39.7. The van der Waals surface area contributed by atoms with Crippen LogP contribution in [-0.2, 0) is 32.0 Å². The van der Waals surface area contributed by atoms with Crippen molar-refractivity contribution in [2.75, 3.05) is 24.7 Å². The molecule has 26 heteroatoms. The van der Waals surface area contributed by atoms with Crippen LogP contribution in [0.1, 0.15) is 12.5 Å². The molecule has 2 saturated heterocycles. The van der Waals surface area contributed by atoms with Crippen LogP contribution < -0.4 is 11.5 Å². The molecule has 45 heavy (non-hydrogen) atoms. The molecule has 2 unspecified atom stereocenters. The van der Waals surface area contributed by atoms with Gasteiger partial charge < -0.3 is 51.2 Å². The Kier molecular flexibility index (Phi) is 8.28. The summed E-state index contributed by atoms with van der Waals surface area (Å²) in [5, 5.41) is 49.4. The molecule has 4 aromatic rings. The van der Waals surface area contributed by atoms with Gasteiger partial charge in [-0.05, 0) is 0 Å². The summed E-state index contributed by atoms with van der Waals surface area (Å²) >= 11 is 0. The van der Waals surface area contributed by atoms with Gasteiger partial charge in [-0.15, -0.1) is 5.10 Å². The number of imidazole rings is 1. The van der Waals surface area contributed by atoms with Crippen molar-refractivity contribution in [3.05, 3.63) is 19.0 Å². The Bertz CT molecular complexity index is 1680. The number of aliphatic hydroxyl groups is 4. The highest BCUT2D eigenvalue weighted by Gasteiger charge is 2.48. The molecular weight excluding hydrogens is 652 g/mol. The summed E-state index contributed by atoms with van der Waals surface area (Å²) in [6.07, 6.45) is -8.67. The fraction of sp³-hybridized carbons (Fsp3) is 0.526. The maximum Gasteiger partial charge on any atom is 0.481 e. The van der Waals surface area contributed by atoms with E-state index in [0.29, 0.717) is 0 Å². The van der Waals surface area contributed by atoms with Crippen LogP contribution in [0.4, 0.5) is 11.6 Å². The van der Waals surface area contributed by atoms with E-state index in [1.54, 1.807) is 0 Å². The number of hydrogen-bond acceptors (Lipinski definition) is 20. The Morgan fingerprint density at radius 2 is 1.29 bits per heavy atom. The topological polar surface area (TPSA) is 354 Å². The molecule has 0 radical (unpaired) electrons. The molecule has 0 spiro atoms. The molecule has 0 bridgehead atoms. The number of phosphoric acid groups is 2. The molecule has 4 aromatic heterocycles. The van der Waals surface area contributed by atoms with E-state index in [2.05, 4.69) is 39.5 Å². The minimum absolute atomic E-state index is 0.00862. The van der Waals surface area contributed by atoms with Gasteiger partial charge in [0.15, 0.2) is 40.9 Å². The lowest BCUT2D eigenvalue weighted by Gasteiger charge is -2.20. The quantitative estimate of drug-likeness (QED) is 0.0762. The number of nitrogens with zero attached hydrogens (tertiary/aromatic N) is 9. The van der Waals surface area contributed by atoms with Crippen molar-refractivity contribution in [1.82, 2.24) is 44.5 Å². The number of aliphatic hydroxyl groups excluding tert-OH is 4. The molecule has 244 valence electrons. The lowest BCUT2D eigenvalue weighted by molar-refractivity contribution is -0.0576. The Morgan fingerprint density at radius 1 is 0.756 bits per heavy atom. The minimum Gasteiger partial charge on any atom is -0.387 e. The lowest BCUT2D eigenvalue weighted by Crippen LogP contribution is -2.34. The summed E-state index contributed by atoms with van der Waals surface area (Å²) in [6, 6.07) is 0. The van der Waals surface area contributed by atoms with E-state index in [0.717, 1.165) is 17.3 Å². The first-order valence-corrected chi connectivity index (χ1v) is 15.7. The second-order valence-corrected chi connectivity index (χ2v) is 12.8. The van der Waals surface area contributed by atoms with Gasteiger partial charge in [0, 0.05) is 0 Å². The van der Waals surface area contributed by atoms with E-state index in [1.807, 2.05) is 0 Å². The van der Waals surface area contributed by atoms with Gasteiger partial charge >= 0.3 is 15.6 Å². The minimum atomic E-state index is -5.38. The predicted octanol–water partition coefficient (Wildman–Crippen LogP) is -3.29. The van der Waals surface area contributed by atoms with Gasteiger partial charge in [0.2, 0.25) is 0 Å². The molecule has 0 amide bonds. The Balaban J connectivity index is 1.04. The highest BCUT2D eigenvalue weighted by atomic mass is 31.3. The number of nitrogen functional groups attached to an aromatic ring is 2. The van der Waals surface area contributed by atoms with Crippen molar-refractivity contribution >= 4 is 49.6 Å². The molecule has 0 saturated carbocycles. The Labute approximate surface area is 249 Å². The second kappa shape index (κ2) is 11.8. The lowest BCUT2D eigenvalue weighted by atomic mass is 10.1. The summed E-state index contributed by atoms with van der Waals surface area (Å²) in [5.41, 5.74) is 12.0. The fourth-order valence-electron chi connectivity index (χ4n) is 4.69. The third-order valence-electron chi connectivity index (χ3n) is 6.88. The third kappa shape index (κ3) is 5.99. The van der Waals surface area contributed by atoms with Crippen LogP contribution in [0.3, 0.4) is 0 Å². The van der Waals surface area contributed by atoms with Crippen LogP contribution in [0.5, 0.6) is 0 Å². The van der Waals surface area contributed by atoms with Gasteiger partial charge in [-0.25, -0.2) is 34.0 Å². The predicted molar refractivity (Wildman–Crippen MR) is 142 cm³/mol. The third-order valence-corrected chi connectivity index (χ3v) is 9.48. The number of ether oxygens (including phenoxy) is 2. The monoisotopic (exact) mass is 677 g/mol. The molecule has 24 nitrogen and oxygen atoms in total. The molecule has 2 aliphatic heterocycles. The zero-order valence-corrected chi connectivity index (χ0v) is 24.2. The summed E-state index contributed by atoms with van der Waals surface area (Å²) in [7, 11) is -10.8. The average Bonchev–Trinajstić information content (AvgIpc) is 3.73. The van der Waals surface area contributed by atoms with Crippen molar-refractivity contribution in [2.45, 2.75) is 49.1 Å². The molecule has 2 aliphatic rings. The first kappa shape index (κ1) is 31.6. The maximum atomic E-state index is 12.5. The standard InChI is InChI=1S/C19H25N11O13P2/c20-14-8-16(24-3-22-14)29(5-26-8)18-12(33)10(31)6(41-18)1-39-44(35,36)43-45(37,38)40-2-7-11(32)13(34)19(42-7)30-17-9(27-28-30)15(21)23-4-25-17/h3-7,10-13,18-19,31-34H,1-2H2,(H,35,36)(H,37,38)(H2,20,22,24)(H2,21,23,25)/t6-,7-,10-,11-,12-,13-,18-,19-/m1/s1. The van der Waals surface area contributed by atoms with Crippen LogP contribution in [0.2, 0.25) is 0 Å². The zero-order valence-electron chi connectivity index (χ0n) is 22.4.